The Morgan fingerprint density at radius 1 is 0.739 bits per heavy atom. The molecule has 0 aliphatic carbocycles. The molecule has 1 aliphatic heterocycles. The molecule has 0 radical (unpaired) electrons. The number of hydrogen-bond donors (Lipinski definition) is 0. The summed E-state index contributed by atoms with van der Waals surface area (Å²) in [4.78, 5) is 9.52. The fourth-order valence-electron chi connectivity index (χ4n) is 6.44. The van der Waals surface area contributed by atoms with E-state index in [1.165, 1.54) is 22.5 Å². The molecule has 0 unspecified atom stereocenters. The van der Waals surface area contributed by atoms with E-state index in [-0.39, 0.29) is 21.1 Å². The van der Waals surface area contributed by atoms with Gasteiger partial charge in [-0.25, -0.2) is 4.98 Å². The SMILES string of the molecule is Cc1ccccc1-c1ccnc(-n2c3[c-]c(Oc4[c-]c(N5CN(C(C)C)c6ccccc65)ccc4)ccc3c3ccccc32)c1.[Pt+2]. The van der Waals surface area contributed by atoms with Crippen molar-refractivity contribution in [3.63, 3.8) is 0 Å². The molecule has 0 atom stereocenters. The third kappa shape index (κ3) is 5.15. The van der Waals surface area contributed by atoms with Crippen LogP contribution in [0.2, 0.25) is 0 Å². The minimum absolute atomic E-state index is 0. The summed E-state index contributed by atoms with van der Waals surface area (Å²) in [5.74, 6) is 2.11. The molecule has 5 nitrogen and oxygen atoms in total. The fraction of sp³-hybridized carbons (Fsp3) is 0.125. The van der Waals surface area contributed by atoms with Crippen molar-refractivity contribution in [2.24, 2.45) is 0 Å². The molecule has 0 saturated carbocycles. The Balaban J connectivity index is 0.00000338. The minimum atomic E-state index is 0. The maximum atomic E-state index is 6.46. The van der Waals surface area contributed by atoms with Gasteiger partial charge in [0.1, 0.15) is 5.82 Å². The Bertz CT molecular complexity index is 2200. The van der Waals surface area contributed by atoms with Crippen LogP contribution >= 0.6 is 0 Å². The first kappa shape index (κ1) is 29.8. The molecule has 2 aromatic heterocycles. The molecule has 7 aromatic rings. The number of nitrogens with zero attached hydrogens (tertiary/aromatic N) is 4. The quantitative estimate of drug-likeness (QED) is 0.158. The van der Waals surface area contributed by atoms with E-state index < -0.39 is 0 Å². The second-order valence-electron chi connectivity index (χ2n) is 11.8. The Kier molecular flexibility index (Phi) is 7.88. The van der Waals surface area contributed by atoms with Crippen LogP contribution in [0.5, 0.6) is 11.5 Å². The van der Waals surface area contributed by atoms with E-state index in [2.05, 4.69) is 144 Å². The Hall–Kier alpha value is -4.86. The van der Waals surface area contributed by atoms with Crippen LogP contribution in [0, 0.1) is 19.1 Å². The van der Waals surface area contributed by atoms with E-state index in [0.717, 1.165) is 45.5 Å². The van der Waals surface area contributed by atoms with Crippen molar-refractivity contribution in [3.8, 4) is 28.4 Å². The van der Waals surface area contributed by atoms with Gasteiger partial charge in [-0.05, 0) is 73.2 Å². The van der Waals surface area contributed by atoms with E-state index in [9.17, 15) is 0 Å². The number of fused-ring (bicyclic) bond motifs is 4. The van der Waals surface area contributed by atoms with Crippen molar-refractivity contribution in [2.75, 3.05) is 16.5 Å². The first-order chi connectivity index (χ1) is 22.0. The van der Waals surface area contributed by atoms with Crippen molar-refractivity contribution < 1.29 is 25.8 Å². The molecule has 0 bridgehead atoms. The van der Waals surface area contributed by atoms with Crippen LogP contribution in [-0.2, 0) is 21.1 Å². The zero-order valence-electron chi connectivity index (χ0n) is 25.8. The summed E-state index contributed by atoms with van der Waals surface area (Å²) in [5.41, 5.74) is 8.93. The van der Waals surface area contributed by atoms with Gasteiger partial charge in [0.05, 0.1) is 18.0 Å². The van der Waals surface area contributed by atoms with Gasteiger partial charge in [0.15, 0.2) is 0 Å². The number of hydrogen-bond acceptors (Lipinski definition) is 4. The summed E-state index contributed by atoms with van der Waals surface area (Å²) >= 11 is 0. The van der Waals surface area contributed by atoms with Crippen molar-refractivity contribution in [3.05, 3.63) is 139 Å². The van der Waals surface area contributed by atoms with E-state index in [0.29, 0.717) is 17.5 Å². The number of rotatable bonds is 6. The zero-order valence-corrected chi connectivity index (χ0v) is 28.1. The van der Waals surface area contributed by atoms with Gasteiger partial charge in [-0.15, -0.1) is 35.7 Å². The van der Waals surface area contributed by atoms with Gasteiger partial charge < -0.3 is 19.1 Å². The first-order valence-corrected chi connectivity index (χ1v) is 15.4. The molecule has 5 aromatic carbocycles. The van der Waals surface area contributed by atoms with Crippen molar-refractivity contribution in [1.82, 2.24) is 9.55 Å². The van der Waals surface area contributed by atoms with Gasteiger partial charge >= 0.3 is 21.1 Å². The van der Waals surface area contributed by atoms with Crippen LogP contribution in [0.4, 0.5) is 17.1 Å². The third-order valence-corrected chi connectivity index (χ3v) is 8.65. The molecule has 0 amide bonds. The topological polar surface area (TPSA) is 33.5 Å². The molecular formula is C40H32N4OPt. The molecule has 0 saturated heterocycles. The first-order valence-electron chi connectivity index (χ1n) is 15.4. The number of ether oxygens (including phenoxy) is 1. The van der Waals surface area contributed by atoms with E-state index >= 15 is 0 Å². The van der Waals surface area contributed by atoms with Gasteiger partial charge in [-0.1, -0.05) is 65.8 Å². The summed E-state index contributed by atoms with van der Waals surface area (Å²) in [6, 6.07) is 47.3. The predicted octanol–water partition coefficient (Wildman–Crippen LogP) is 9.87. The Morgan fingerprint density at radius 2 is 1.50 bits per heavy atom. The molecule has 228 valence electrons. The number of anilines is 3. The average Bonchev–Trinajstić information content (AvgIpc) is 3.62. The van der Waals surface area contributed by atoms with Gasteiger partial charge in [-0.3, -0.25) is 0 Å². The monoisotopic (exact) mass is 779 g/mol. The maximum absolute atomic E-state index is 6.46. The summed E-state index contributed by atoms with van der Waals surface area (Å²) in [6.45, 7) is 7.36. The summed E-state index contributed by atoms with van der Waals surface area (Å²) in [5, 5.41) is 2.25. The average molecular weight is 780 g/mol. The predicted molar refractivity (Wildman–Crippen MR) is 184 cm³/mol. The number of aromatic nitrogens is 2. The molecule has 6 heteroatoms. The minimum Gasteiger partial charge on any atom is -0.509 e. The van der Waals surface area contributed by atoms with Crippen LogP contribution in [0.15, 0.2) is 121 Å². The number of aryl methyl sites for hydroxylation is 1. The molecule has 0 spiro atoms. The molecule has 0 N–H and O–H groups in total. The normalized spacial score (nSPS) is 12.5. The van der Waals surface area contributed by atoms with E-state index in [4.69, 9.17) is 9.72 Å². The Labute approximate surface area is 284 Å². The molecule has 46 heavy (non-hydrogen) atoms. The van der Waals surface area contributed by atoms with E-state index in [1.54, 1.807) is 0 Å². The van der Waals surface area contributed by atoms with Crippen LogP contribution < -0.4 is 14.5 Å². The van der Waals surface area contributed by atoms with Crippen LogP contribution in [0.25, 0.3) is 38.8 Å². The molecular weight excluding hydrogens is 748 g/mol. The summed E-state index contributed by atoms with van der Waals surface area (Å²) < 4.78 is 8.64. The third-order valence-electron chi connectivity index (χ3n) is 8.65. The van der Waals surface area contributed by atoms with E-state index in [1.807, 2.05) is 24.4 Å². The van der Waals surface area contributed by atoms with Gasteiger partial charge in [-0.2, -0.15) is 12.1 Å². The zero-order chi connectivity index (χ0) is 30.5. The van der Waals surface area contributed by atoms with Gasteiger partial charge in [0.2, 0.25) is 0 Å². The van der Waals surface area contributed by atoms with Gasteiger partial charge in [0, 0.05) is 29.3 Å². The largest absolute Gasteiger partial charge is 2.00 e. The van der Waals surface area contributed by atoms with Crippen LogP contribution in [0.3, 0.4) is 0 Å². The summed E-state index contributed by atoms with van der Waals surface area (Å²) in [6.07, 6.45) is 1.88. The van der Waals surface area contributed by atoms with Crippen molar-refractivity contribution >= 4 is 38.9 Å². The van der Waals surface area contributed by atoms with Gasteiger partial charge in [0.25, 0.3) is 0 Å². The number of para-hydroxylation sites is 3. The smallest absolute Gasteiger partial charge is 0.509 e. The standard InChI is InChI=1S/C40H32N4O.Pt/c1-27(2)42-26-43(38-18-9-8-17-37(38)42)30-12-10-13-31(24-30)45-32-19-20-35-34-15-6-7-16-36(34)44(39(35)25-32)40-23-29(21-22-41-40)33-14-5-4-11-28(33)3;/h4-23,27H,26H2,1-3H3;/q-2;+2. The molecule has 0 fully saturated rings. The molecule has 3 heterocycles. The fourth-order valence-corrected chi connectivity index (χ4v) is 6.44. The second-order valence-corrected chi connectivity index (χ2v) is 11.8. The molecule has 8 rings (SSSR count). The molecule has 1 aliphatic rings. The second kappa shape index (κ2) is 12.1. The Morgan fingerprint density at radius 3 is 2.35 bits per heavy atom. The maximum Gasteiger partial charge on any atom is 2.00 e. The van der Waals surface area contributed by atoms with Crippen LogP contribution in [-0.4, -0.2) is 22.3 Å². The number of pyridine rings is 1. The van der Waals surface area contributed by atoms with Crippen molar-refractivity contribution in [1.29, 1.82) is 0 Å². The number of benzene rings is 5. The summed E-state index contributed by atoms with van der Waals surface area (Å²) in [7, 11) is 0. The van der Waals surface area contributed by atoms with Crippen LogP contribution in [0.1, 0.15) is 19.4 Å². The van der Waals surface area contributed by atoms with Crippen molar-refractivity contribution in [2.45, 2.75) is 26.8 Å².